The molecule has 3 heteroatoms. The van der Waals surface area contributed by atoms with Gasteiger partial charge in [-0.2, -0.15) is 0 Å². The van der Waals surface area contributed by atoms with Crippen molar-refractivity contribution in [3.05, 3.63) is 35.4 Å². The molecule has 0 heterocycles. The van der Waals surface area contributed by atoms with Gasteiger partial charge in [-0.25, -0.2) is 4.99 Å². The molecule has 0 atom stereocenters. The largest absolute Gasteiger partial charge is 0.864 e. The number of nitrogens with zero attached hydrogens (tertiary/aromatic N) is 1. The number of aliphatic imine (C=N–C) groups is 1. The van der Waals surface area contributed by atoms with E-state index < -0.39 is 5.91 Å². The monoisotopic (exact) mass is 162 g/mol. The minimum atomic E-state index is -0.483. The Kier molecular flexibility index (Phi) is 2.58. The minimum absolute atomic E-state index is 0.259. The number of hydrogen-bond acceptors (Lipinski definition) is 2. The van der Waals surface area contributed by atoms with Crippen molar-refractivity contribution < 1.29 is 9.90 Å². The summed E-state index contributed by atoms with van der Waals surface area (Å²) >= 11 is 0. The maximum atomic E-state index is 11.1. The summed E-state index contributed by atoms with van der Waals surface area (Å²) in [6.07, 6.45) is 0.259. The minimum Gasteiger partial charge on any atom is -0.864 e. The van der Waals surface area contributed by atoms with Crippen molar-refractivity contribution in [3.8, 4) is 0 Å². The van der Waals surface area contributed by atoms with Gasteiger partial charge in [0.1, 0.15) is 0 Å². The second-order valence-corrected chi connectivity index (χ2v) is 2.35. The number of benzene rings is 1. The lowest BCUT2D eigenvalue weighted by Gasteiger charge is -1.99. The number of carbonyl (C=O) groups is 1. The highest BCUT2D eigenvalue weighted by atomic mass is 16.3. The van der Waals surface area contributed by atoms with Gasteiger partial charge in [-0.1, -0.05) is 18.2 Å². The van der Waals surface area contributed by atoms with Gasteiger partial charge in [0.15, 0.2) is 0 Å². The Morgan fingerprint density at radius 2 is 2.17 bits per heavy atom. The van der Waals surface area contributed by atoms with Crippen LogP contribution in [0.1, 0.15) is 15.9 Å². The van der Waals surface area contributed by atoms with Crippen LogP contribution in [-0.4, -0.2) is 12.3 Å². The summed E-state index contributed by atoms with van der Waals surface area (Å²) in [6.45, 7) is 1.80. The molecule has 0 unspecified atom stereocenters. The van der Waals surface area contributed by atoms with Crippen LogP contribution < -0.4 is 5.11 Å². The summed E-state index contributed by atoms with van der Waals surface area (Å²) in [6, 6.07) is 7.01. The van der Waals surface area contributed by atoms with E-state index in [1.54, 1.807) is 25.1 Å². The lowest BCUT2D eigenvalue weighted by molar-refractivity contribution is -0.200. The predicted octanol–water partition coefficient (Wildman–Crippen LogP) is 0.524. The molecule has 0 saturated carbocycles. The maximum Gasteiger partial charge on any atom is 0.276 e. The van der Waals surface area contributed by atoms with Gasteiger partial charge in [0.05, 0.1) is 0 Å². The van der Waals surface area contributed by atoms with Gasteiger partial charge in [-0.3, -0.25) is 4.79 Å². The molecule has 3 nitrogen and oxygen atoms in total. The average molecular weight is 162 g/mol. The third-order valence-corrected chi connectivity index (χ3v) is 1.55. The molecule has 0 fully saturated rings. The molecule has 0 saturated heterocycles. The Morgan fingerprint density at radius 1 is 1.50 bits per heavy atom. The molecule has 1 amide bonds. The highest BCUT2D eigenvalue weighted by Crippen LogP contribution is 2.07. The first-order valence-corrected chi connectivity index (χ1v) is 3.50. The van der Waals surface area contributed by atoms with Gasteiger partial charge in [0.25, 0.3) is 5.91 Å². The van der Waals surface area contributed by atoms with Crippen molar-refractivity contribution in [2.75, 3.05) is 0 Å². The average Bonchev–Trinajstić information content (AvgIpc) is 2.05. The molecule has 0 bridgehead atoms. The van der Waals surface area contributed by atoms with Crippen molar-refractivity contribution in [1.82, 2.24) is 0 Å². The number of rotatable bonds is 1. The van der Waals surface area contributed by atoms with Crippen LogP contribution >= 0.6 is 0 Å². The Labute approximate surface area is 70.4 Å². The normalized spacial score (nSPS) is 10.4. The smallest absolute Gasteiger partial charge is 0.276 e. The van der Waals surface area contributed by atoms with Crippen molar-refractivity contribution in [3.63, 3.8) is 0 Å². The highest BCUT2D eigenvalue weighted by molar-refractivity contribution is 5.98. The molecule has 1 aromatic carbocycles. The lowest BCUT2D eigenvalue weighted by atomic mass is 10.1. The first kappa shape index (κ1) is 8.46. The molecule has 1 rings (SSSR count). The summed E-state index contributed by atoms with van der Waals surface area (Å²) in [5, 5.41) is 9.91. The number of aryl methyl sites for hydroxylation is 1. The zero-order valence-electron chi connectivity index (χ0n) is 6.65. The van der Waals surface area contributed by atoms with Crippen molar-refractivity contribution in [2.45, 2.75) is 6.92 Å². The molecule has 0 N–H and O–H groups in total. The van der Waals surface area contributed by atoms with E-state index in [-0.39, 0.29) is 6.40 Å². The molecule has 0 aliphatic heterocycles. The number of carbonyl (C=O) groups excluding carboxylic acids is 1. The maximum absolute atomic E-state index is 11.1. The second kappa shape index (κ2) is 3.67. The van der Waals surface area contributed by atoms with Crippen LogP contribution in [0.15, 0.2) is 29.3 Å². The second-order valence-electron chi connectivity index (χ2n) is 2.35. The van der Waals surface area contributed by atoms with Gasteiger partial charge >= 0.3 is 0 Å². The van der Waals surface area contributed by atoms with E-state index in [0.717, 1.165) is 5.56 Å². The van der Waals surface area contributed by atoms with Gasteiger partial charge < -0.3 is 5.11 Å². The van der Waals surface area contributed by atoms with E-state index in [9.17, 15) is 9.90 Å². The first-order valence-electron chi connectivity index (χ1n) is 3.50. The molecule has 0 aromatic heterocycles. The summed E-state index contributed by atoms with van der Waals surface area (Å²) in [7, 11) is 0. The van der Waals surface area contributed by atoms with Crippen molar-refractivity contribution >= 4 is 12.3 Å². The molecule has 0 radical (unpaired) electrons. The third-order valence-electron chi connectivity index (χ3n) is 1.55. The van der Waals surface area contributed by atoms with Crippen LogP contribution in [0.2, 0.25) is 0 Å². The molecule has 0 aliphatic rings. The first-order chi connectivity index (χ1) is 5.75. The molecule has 62 valence electrons. The van der Waals surface area contributed by atoms with E-state index in [1.165, 1.54) is 0 Å². The van der Waals surface area contributed by atoms with Crippen LogP contribution in [0.4, 0.5) is 0 Å². The number of hydrogen-bond donors (Lipinski definition) is 0. The Bertz CT molecular complexity index is 318. The Balaban J connectivity index is 3.03. The SMILES string of the molecule is Cc1ccccc1C(=O)N=C[O-]. The summed E-state index contributed by atoms with van der Waals surface area (Å²) in [5.41, 5.74) is 1.30. The van der Waals surface area contributed by atoms with E-state index in [2.05, 4.69) is 4.99 Å². The molecule has 0 spiro atoms. The van der Waals surface area contributed by atoms with Gasteiger partial charge in [-0.15, -0.1) is 0 Å². The standard InChI is InChI=1S/C9H9NO2/c1-7-4-2-3-5-8(7)9(12)10-6-11/h2-6H,1H3,(H,10,11,12)/p-1. The third kappa shape index (κ3) is 1.69. The molecule has 1 aromatic rings. The van der Waals surface area contributed by atoms with Crippen LogP contribution in [0.3, 0.4) is 0 Å². The fourth-order valence-electron chi connectivity index (χ4n) is 0.930. The van der Waals surface area contributed by atoms with E-state index in [4.69, 9.17) is 0 Å². The highest BCUT2D eigenvalue weighted by Gasteiger charge is 2.03. The topological polar surface area (TPSA) is 52.5 Å². The van der Waals surface area contributed by atoms with Crippen LogP contribution in [0.25, 0.3) is 0 Å². The van der Waals surface area contributed by atoms with Gasteiger partial charge in [-0.05, 0) is 25.0 Å². The predicted molar refractivity (Wildman–Crippen MR) is 44.0 cm³/mol. The van der Waals surface area contributed by atoms with Crippen molar-refractivity contribution in [2.24, 2.45) is 4.99 Å². The Hall–Kier alpha value is -1.64. The van der Waals surface area contributed by atoms with Gasteiger partial charge in [0.2, 0.25) is 0 Å². The lowest BCUT2D eigenvalue weighted by Crippen LogP contribution is -2.03. The fraction of sp³-hybridized carbons (Fsp3) is 0.111. The van der Waals surface area contributed by atoms with E-state index >= 15 is 0 Å². The van der Waals surface area contributed by atoms with Crippen LogP contribution in [0, 0.1) is 6.92 Å². The molecule has 12 heavy (non-hydrogen) atoms. The van der Waals surface area contributed by atoms with E-state index in [0.29, 0.717) is 5.56 Å². The molecular weight excluding hydrogens is 154 g/mol. The summed E-state index contributed by atoms with van der Waals surface area (Å²) in [5.74, 6) is -0.483. The fourth-order valence-corrected chi connectivity index (χ4v) is 0.930. The van der Waals surface area contributed by atoms with Gasteiger partial charge in [0, 0.05) is 5.56 Å². The number of amides is 1. The molecular formula is C9H8NO2-. The van der Waals surface area contributed by atoms with E-state index in [1.807, 2.05) is 6.07 Å². The van der Waals surface area contributed by atoms with Crippen LogP contribution in [0.5, 0.6) is 0 Å². The quantitative estimate of drug-likeness (QED) is 0.446. The zero-order chi connectivity index (χ0) is 8.97. The Morgan fingerprint density at radius 3 is 2.75 bits per heavy atom. The van der Waals surface area contributed by atoms with Crippen molar-refractivity contribution in [1.29, 1.82) is 0 Å². The summed E-state index contributed by atoms with van der Waals surface area (Å²) in [4.78, 5) is 14.2. The zero-order valence-corrected chi connectivity index (χ0v) is 6.65. The molecule has 0 aliphatic carbocycles. The summed E-state index contributed by atoms with van der Waals surface area (Å²) < 4.78 is 0. The van der Waals surface area contributed by atoms with Crippen LogP contribution in [-0.2, 0) is 0 Å².